The van der Waals surface area contributed by atoms with E-state index in [1.807, 2.05) is 44.2 Å². The molecular formula is C17H26N2O3S. The molecule has 1 saturated heterocycles. The van der Waals surface area contributed by atoms with Gasteiger partial charge < -0.3 is 4.90 Å². The first-order valence-corrected chi connectivity index (χ1v) is 9.94. The van der Waals surface area contributed by atoms with Crippen LogP contribution in [0.1, 0.15) is 33.1 Å². The van der Waals surface area contributed by atoms with Crippen LogP contribution < -0.4 is 4.90 Å². The maximum Gasteiger partial charge on any atom is 0.230 e. The zero-order valence-corrected chi connectivity index (χ0v) is 14.8. The van der Waals surface area contributed by atoms with Gasteiger partial charge in [0, 0.05) is 31.2 Å². The van der Waals surface area contributed by atoms with Gasteiger partial charge in [-0.25, -0.2) is 12.7 Å². The van der Waals surface area contributed by atoms with Gasteiger partial charge in [0.25, 0.3) is 0 Å². The number of anilines is 1. The molecule has 1 heterocycles. The fourth-order valence-corrected chi connectivity index (χ4v) is 4.60. The van der Waals surface area contributed by atoms with Crippen molar-refractivity contribution in [3.8, 4) is 0 Å². The van der Waals surface area contributed by atoms with Gasteiger partial charge in [0.2, 0.25) is 15.9 Å². The van der Waals surface area contributed by atoms with E-state index in [1.54, 1.807) is 9.21 Å². The van der Waals surface area contributed by atoms with E-state index in [2.05, 4.69) is 0 Å². The van der Waals surface area contributed by atoms with Gasteiger partial charge in [-0.3, -0.25) is 4.79 Å². The molecule has 23 heavy (non-hydrogen) atoms. The largest absolute Gasteiger partial charge is 0.312 e. The Balaban J connectivity index is 2.00. The fourth-order valence-electron chi connectivity index (χ4n) is 3.06. The number of piperidine rings is 1. The second-order valence-corrected chi connectivity index (χ2v) is 8.00. The lowest BCUT2D eigenvalue weighted by molar-refractivity contribution is -0.123. The Kier molecular flexibility index (Phi) is 6.18. The monoisotopic (exact) mass is 338 g/mol. The lowest BCUT2D eigenvalue weighted by Gasteiger charge is -2.33. The summed E-state index contributed by atoms with van der Waals surface area (Å²) < 4.78 is 25.7. The molecule has 0 aromatic heterocycles. The zero-order chi connectivity index (χ0) is 16.9. The molecule has 0 N–H and O–H groups in total. The summed E-state index contributed by atoms with van der Waals surface area (Å²) in [6, 6.07) is 9.64. The van der Waals surface area contributed by atoms with Crippen molar-refractivity contribution in [1.82, 2.24) is 4.31 Å². The normalized spacial score (nSPS) is 17.1. The van der Waals surface area contributed by atoms with Crippen molar-refractivity contribution in [3.63, 3.8) is 0 Å². The van der Waals surface area contributed by atoms with Crippen LogP contribution in [0.5, 0.6) is 0 Å². The molecule has 1 fully saturated rings. The summed E-state index contributed by atoms with van der Waals surface area (Å²) in [5.74, 6) is 0.200. The number of sulfonamides is 1. The predicted molar refractivity (Wildman–Crippen MR) is 92.8 cm³/mol. The Morgan fingerprint density at radius 2 is 1.78 bits per heavy atom. The maximum atomic E-state index is 12.8. The summed E-state index contributed by atoms with van der Waals surface area (Å²) in [6.45, 7) is 5.35. The van der Waals surface area contributed by atoms with E-state index in [1.165, 1.54) is 0 Å². The molecule has 1 aromatic carbocycles. The number of rotatable bonds is 6. The minimum atomic E-state index is -3.15. The highest BCUT2D eigenvalue weighted by molar-refractivity contribution is 7.89. The second kappa shape index (κ2) is 7.93. The first-order valence-electron chi connectivity index (χ1n) is 8.33. The van der Waals surface area contributed by atoms with Crippen LogP contribution in [0.25, 0.3) is 0 Å². The standard InChI is InChI=1S/C17H26N2O3S/c1-3-14-23(21,22)18-12-10-15(11-13-18)17(20)19(4-2)16-8-6-5-7-9-16/h5-9,15H,3-4,10-14H2,1-2H3. The van der Waals surface area contributed by atoms with Gasteiger partial charge in [0.15, 0.2) is 0 Å². The van der Waals surface area contributed by atoms with Crippen LogP contribution in [0, 0.1) is 5.92 Å². The lowest BCUT2D eigenvalue weighted by atomic mass is 9.96. The van der Waals surface area contributed by atoms with E-state index >= 15 is 0 Å². The van der Waals surface area contributed by atoms with Crippen molar-refractivity contribution in [2.24, 2.45) is 5.92 Å². The Hall–Kier alpha value is -1.40. The third kappa shape index (κ3) is 4.32. The number of hydrogen-bond acceptors (Lipinski definition) is 3. The van der Waals surface area contributed by atoms with Crippen molar-refractivity contribution in [1.29, 1.82) is 0 Å². The van der Waals surface area contributed by atoms with E-state index < -0.39 is 10.0 Å². The Labute approximate surface area is 139 Å². The van der Waals surface area contributed by atoms with Crippen LogP contribution in [0.2, 0.25) is 0 Å². The molecule has 2 rings (SSSR count). The minimum Gasteiger partial charge on any atom is -0.312 e. The van der Waals surface area contributed by atoms with Crippen LogP contribution in [0.3, 0.4) is 0 Å². The van der Waals surface area contributed by atoms with E-state index in [-0.39, 0.29) is 17.6 Å². The number of carbonyl (C=O) groups excluding carboxylic acids is 1. The Bertz CT molecular complexity index is 608. The summed E-state index contributed by atoms with van der Waals surface area (Å²) in [4.78, 5) is 14.6. The quantitative estimate of drug-likeness (QED) is 0.801. The van der Waals surface area contributed by atoms with Crippen molar-refractivity contribution >= 4 is 21.6 Å². The molecule has 0 saturated carbocycles. The highest BCUT2D eigenvalue weighted by Gasteiger charge is 2.32. The van der Waals surface area contributed by atoms with Gasteiger partial charge in [-0.05, 0) is 38.3 Å². The zero-order valence-electron chi connectivity index (χ0n) is 13.9. The molecule has 0 unspecified atom stereocenters. The summed E-state index contributed by atoms with van der Waals surface area (Å²) in [6.07, 6.45) is 1.83. The molecule has 128 valence electrons. The molecule has 6 heteroatoms. The van der Waals surface area contributed by atoms with Crippen LogP contribution in [0.4, 0.5) is 5.69 Å². The molecule has 0 bridgehead atoms. The predicted octanol–water partition coefficient (Wildman–Crippen LogP) is 2.49. The smallest absolute Gasteiger partial charge is 0.230 e. The Morgan fingerprint density at radius 1 is 1.17 bits per heavy atom. The minimum absolute atomic E-state index is 0.0942. The number of para-hydroxylation sites is 1. The molecule has 0 radical (unpaired) electrons. The molecule has 0 aliphatic carbocycles. The number of hydrogen-bond donors (Lipinski definition) is 0. The fraction of sp³-hybridized carbons (Fsp3) is 0.588. The van der Waals surface area contributed by atoms with Crippen molar-refractivity contribution < 1.29 is 13.2 Å². The van der Waals surface area contributed by atoms with Gasteiger partial charge in [0.1, 0.15) is 0 Å². The first kappa shape index (κ1) is 17.9. The topological polar surface area (TPSA) is 57.7 Å². The molecule has 0 atom stereocenters. The Morgan fingerprint density at radius 3 is 2.30 bits per heavy atom. The second-order valence-electron chi connectivity index (χ2n) is 5.91. The van der Waals surface area contributed by atoms with E-state index in [0.717, 1.165) is 5.69 Å². The van der Waals surface area contributed by atoms with Crippen molar-refractivity contribution in [3.05, 3.63) is 30.3 Å². The summed E-state index contributed by atoms with van der Waals surface area (Å²) in [7, 11) is -3.15. The van der Waals surface area contributed by atoms with Crippen molar-refractivity contribution in [2.75, 3.05) is 30.3 Å². The summed E-state index contributed by atoms with van der Waals surface area (Å²) in [5, 5.41) is 0. The third-order valence-electron chi connectivity index (χ3n) is 4.31. The highest BCUT2D eigenvalue weighted by atomic mass is 32.2. The van der Waals surface area contributed by atoms with E-state index in [9.17, 15) is 13.2 Å². The first-order chi connectivity index (χ1) is 11.0. The molecule has 1 aromatic rings. The SMILES string of the molecule is CCCS(=O)(=O)N1CCC(C(=O)N(CC)c2ccccc2)CC1. The molecule has 1 aliphatic rings. The number of carbonyl (C=O) groups is 1. The van der Waals surface area contributed by atoms with E-state index in [4.69, 9.17) is 0 Å². The van der Waals surface area contributed by atoms with Gasteiger partial charge in [-0.15, -0.1) is 0 Å². The molecule has 1 amide bonds. The number of amides is 1. The summed E-state index contributed by atoms with van der Waals surface area (Å²) >= 11 is 0. The number of benzene rings is 1. The van der Waals surface area contributed by atoms with Crippen LogP contribution >= 0.6 is 0 Å². The van der Waals surface area contributed by atoms with Gasteiger partial charge in [0.05, 0.1) is 5.75 Å². The molecule has 0 spiro atoms. The lowest BCUT2D eigenvalue weighted by Crippen LogP contribution is -2.45. The van der Waals surface area contributed by atoms with Crippen LogP contribution in [-0.4, -0.2) is 44.0 Å². The van der Waals surface area contributed by atoms with Gasteiger partial charge in [-0.2, -0.15) is 0 Å². The summed E-state index contributed by atoms with van der Waals surface area (Å²) in [5.41, 5.74) is 0.904. The maximum absolute atomic E-state index is 12.8. The third-order valence-corrected chi connectivity index (χ3v) is 6.38. The van der Waals surface area contributed by atoms with Crippen LogP contribution in [-0.2, 0) is 14.8 Å². The molecular weight excluding hydrogens is 312 g/mol. The molecule has 1 aliphatic heterocycles. The van der Waals surface area contributed by atoms with E-state index in [0.29, 0.717) is 38.9 Å². The van der Waals surface area contributed by atoms with Crippen molar-refractivity contribution in [2.45, 2.75) is 33.1 Å². The number of nitrogens with zero attached hydrogens (tertiary/aromatic N) is 2. The van der Waals surface area contributed by atoms with Crippen LogP contribution in [0.15, 0.2) is 30.3 Å². The highest BCUT2D eigenvalue weighted by Crippen LogP contribution is 2.24. The average molecular weight is 338 g/mol. The van der Waals surface area contributed by atoms with Gasteiger partial charge in [-0.1, -0.05) is 25.1 Å². The molecule has 5 nitrogen and oxygen atoms in total. The van der Waals surface area contributed by atoms with Gasteiger partial charge >= 0.3 is 0 Å². The average Bonchev–Trinajstić information content (AvgIpc) is 2.56.